The average Bonchev–Trinajstić information content (AvgIpc) is 2.69. The molecule has 66 valence electrons. The van der Waals surface area contributed by atoms with Crippen LogP contribution in [-0.2, 0) is 12.8 Å². The highest BCUT2D eigenvalue weighted by atomic mass is 16.3. The van der Waals surface area contributed by atoms with Crippen LogP contribution in [0.25, 0.3) is 0 Å². The van der Waals surface area contributed by atoms with Crippen LogP contribution in [0.5, 0.6) is 0 Å². The number of rotatable bonds is 3. The Morgan fingerprint density at radius 1 is 1.23 bits per heavy atom. The Bertz CT molecular complexity index is 342. The molecule has 0 atom stereocenters. The van der Waals surface area contributed by atoms with Crippen molar-refractivity contribution in [2.24, 2.45) is 0 Å². The van der Waals surface area contributed by atoms with E-state index >= 15 is 0 Å². The third kappa shape index (κ3) is 2.15. The van der Waals surface area contributed by atoms with E-state index in [0.29, 0.717) is 0 Å². The molecule has 0 saturated heterocycles. The molecule has 2 rings (SSSR count). The standard InChI is InChI=1S/C10H10N2O/c1-2-10(13-7-1)4-3-9-8-11-5-6-12-9/h1-2,5-8H,3-4H2. The second-order valence-corrected chi connectivity index (χ2v) is 2.78. The minimum absolute atomic E-state index is 0.876. The van der Waals surface area contributed by atoms with E-state index in [-0.39, 0.29) is 0 Å². The first-order valence-electron chi connectivity index (χ1n) is 4.22. The van der Waals surface area contributed by atoms with Gasteiger partial charge in [0.2, 0.25) is 0 Å². The van der Waals surface area contributed by atoms with E-state index in [1.807, 2.05) is 12.1 Å². The van der Waals surface area contributed by atoms with Crippen molar-refractivity contribution in [3.63, 3.8) is 0 Å². The molecule has 0 amide bonds. The average molecular weight is 174 g/mol. The Labute approximate surface area is 76.5 Å². The van der Waals surface area contributed by atoms with Gasteiger partial charge in [-0.3, -0.25) is 9.97 Å². The molecule has 0 unspecified atom stereocenters. The zero-order valence-corrected chi connectivity index (χ0v) is 7.18. The molecule has 0 aliphatic rings. The van der Waals surface area contributed by atoms with E-state index in [2.05, 4.69) is 9.97 Å². The molecule has 13 heavy (non-hydrogen) atoms. The number of furan rings is 1. The van der Waals surface area contributed by atoms with Crippen molar-refractivity contribution in [1.29, 1.82) is 0 Å². The van der Waals surface area contributed by atoms with Gasteiger partial charge in [0.1, 0.15) is 5.76 Å². The van der Waals surface area contributed by atoms with Crippen LogP contribution in [0.15, 0.2) is 41.4 Å². The third-order valence-corrected chi connectivity index (χ3v) is 1.82. The summed E-state index contributed by atoms with van der Waals surface area (Å²) >= 11 is 0. The fourth-order valence-electron chi connectivity index (χ4n) is 1.17. The highest BCUT2D eigenvalue weighted by Crippen LogP contribution is 2.04. The van der Waals surface area contributed by atoms with Gasteiger partial charge >= 0.3 is 0 Å². The van der Waals surface area contributed by atoms with Crippen LogP contribution in [0, 0.1) is 0 Å². The van der Waals surface area contributed by atoms with E-state index in [1.54, 1.807) is 24.9 Å². The number of hydrogen-bond acceptors (Lipinski definition) is 3. The van der Waals surface area contributed by atoms with Gasteiger partial charge in [-0.2, -0.15) is 0 Å². The number of aryl methyl sites for hydroxylation is 2. The molecular formula is C10H10N2O. The minimum Gasteiger partial charge on any atom is -0.469 e. The van der Waals surface area contributed by atoms with Crippen molar-refractivity contribution in [3.8, 4) is 0 Å². The van der Waals surface area contributed by atoms with E-state index in [1.165, 1.54) is 0 Å². The maximum atomic E-state index is 5.21. The van der Waals surface area contributed by atoms with Crippen molar-refractivity contribution < 1.29 is 4.42 Å². The lowest BCUT2D eigenvalue weighted by Crippen LogP contribution is -1.93. The first-order valence-corrected chi connectivity index (χ1v) is 4.22. The van der Waals surface area contributed by atoms with Gasteiger partial charge in [0.15, 0.2) is 0 Å². The lowest BCUT2D eigenvalue weighted by molar-refractivity contribution is 0.507. The molecule has 0 aliphatic carbocycles. The van der Waals surface area contributed by atoms with Gasteiger partial charge in [0.05, 0.1) is 12.0 Å². The van der Waals surface area contributed by atoms with Gasteiger partial charge in [0.25, 0.3) is 0 Å². The molecule has 0 fully saturated rings. The van der Waals surface area contributed by atoms with Crippen molar-refractivity contribution in [3.05, 3.63) is 48.4 Å². The van der Waals surface area contributed by atoms with Gasteiger partial charge in [-0.15, -0.1) is 0 Å². The number of hydrogen-bond donors (Lipinski definition) is 0. The Hall–Kier alpha value is -1.64. The molecule has 0 bridgehead atoms. The molecule has 0 spiro atoms. The molecule has 2 aromatic rings. The summed E-state index contributed by atoms with van der Waals surface area (Å²) in [5.41, 5.74) is 0.999. The summed E-state index contributed by atoms with van der Waals surface area (Å²) in [5.74, 6) is 0.991. The summed E-state index contributed by atoms with van der Waals surface area (Å²) in [6.07, 6.45) is 8.61. The van der Waals surface area contributed by atoms with Crippen molar-refractivity contribution in [2.45, 2.75) is 12.8 Å². The molecule has 3 nitrogen and oxygen atoms in total. The Balaban J connectivity index is 1.94. The topological polar surface area (TPSA) is 38.9 Å². The van der Waals surface area contributed by atoms with Crippen LogP contribution in [0.3, 0.4) is 0 Å². The number of nitrogens with zero attached hydrogens (tertiary/aromatic N) is 2. The summed E-state index contributed by atoms with van der Waals surface area (Å²) in [6.45, 7) is 0. The van der Waals surface area contributed by atoms with E-state index in [9.17, 15) is 0 Å². The highest BCUT2D eigenvalue weighted by Gasteiger charge is 1.97. The molecule has 3 heteroatoms. The van der Waals surface area contributed by atoms with Crippen LogP contribution < -0.4 is 0 Å². The maximum Gasteiger partial charge on any atom is 0.104 e. The van der Waals surface area contributed by atoms with Crippen molar-refractivity contribution in [2.75, 3.05) is 0 Å². The smallest absolute Gasteiger partial charge is 0.104 e. The van der Waals surface area contributed by atoms with Gasteiger partial charge in [-0.05, 0) is 18.6 Å². The van der Waals surface area contributed by atoms with Crippen molar-refractivity contribution >= 4 is 0 Å². The van der Waals surface area contributed by atoms with Crippen molar-refractivity contribution in [1.82, 2.24) is 9.97 Å². The van der Waals surface area contributed by atoms with Crippen LogP contribution in [-0.4, -0.2) is 9.97 Å². The lowest BCUT2D eigenvalue weighted by Gasteiger charge is -1.96. The first-order chi connectivity index (χ1) is 6.45. The second-order valence-electron chi connectivity index (χ2n) is 2.78. The van der Waals surface area contributed by atoms with Gasteiger partial charge in [-0.25, -0.2) is 0 Å². The molecule has 0 saturated carbocycles. The summed E-state index contributed by atoms with van der Waals surface area (Å²) in [4.78, 5) is 8.17. The highest BCUT2D eigenvalue weighted by molar-refractivity contribution is 5.03. The SMILES string of the molecule is c1coc(CCc2cnccn2)c1. The molecular weight excluding hydrogens is 164 g/mol. The molecule has 0 N–H and O–H groups in total. The summed E-state index contributed by atoms with van der Waals surface area (Å²) < 4.78 is 5.21. The monoisotopic (exact) mass is 174 g/mol. The first kappa shape index (κ1) is 7.98. The van der Waals surface area contributed by atoms with E-state index in [0.717, 1.165) is 24.3 Å². The second kappa shape index (κ2) is 3.85. The van der Waals surface area contributed by atoms with Crippen LogP contribution >= 0.6 is 0 Å². The summed E-state index contributed by atoms with van der Waals surface area (Å²) in [5, 5.41) is 0. The fraction of sp³-hybridized carbons (Fsp3) is 0.200. The van der Waals surface area contributed by atoms with Gasteiger partial charge in [0, 0.05) is 25.0 Å². The third-order valence-electron chi connectivity index (χ3n) is 1.82. The Morgan fingerprint density at radius 3 is 2.92 bits per heavy atom. The van der Waals surface area contributed by atoms with Crippen LogP contribution in [0.2, 0.25) is 0 Å². The molecule has 0 aromatic carbocycles. The van der Waals surface area contributed by atoms with Gasteiger partial charge in [-0.1, -0.05) is 0 Å². The largest absolute Gasteiger partial charge is 0.469 e. The predicted octanol–water partition coefficient (Wildman–Crippen LogP) is 1.85. The molecule has 2 aromatic heterocycles. The molecule has 0 radical (unpaired) electrons. The van der Waals surface area contributed by atoms with Crippen LogP contribution in [0.1, 0.15) is 11.5 Å². The Kier molecular flexibility index (Phi) is 2.36. The zero-order chi connectivity index (χ0) is 8.93. The lowest BCUT2D eigenvalue weighted by atomic mass is 10.2. The fourth-order valence-corrected chi connectivity index (χ4v) is 1.17. The van der Waals surface area contributed by atoms with Crippen LogP contribution in [0.4, 0.5) is 0 Å². The summed E-state index contributed by atoms with van der Waals surface area (Å²) in [6, 6.07) is 3.86. The maximum absolute atomic E-state index is 5.21. The zero-order valence-electron chi connectivity index (χ0n) is 7.18. The molecule has 0 aliphatic heterocycles. The van der Waals surface area contributed by atoms with Gasteiger partial charge < -0.3 is 4.42 Å². The predicted molar refractivity (Wildman–Crippen MR) is 48.1 cm³/mol. The summed E-state index contributed by atoms with van der Waals surface area (Å²) in [7, 11) is 0. The van der Waals surface area contributed by atoms with E-state index in [4.69, 9.17) is 4.42 Å². The molecule has 2 heterocycles. The normalized spacial score (nSPS) is 10.2. The number of aromatic nitrogens is 2. The van der Waals surface area contributed by atoms with E-state index < -0.39 is 0 Å². The Morgan fingerprint density at radius 2 is 2.23 bits per heavy atom. The quantitative estimate of drug-likeness (QED) is 0.712. The minimum atomic E-state index is 0.876.